The zero-order valence-electron chi connectivity index (χ0n) is 14.9. The molecule has 4 rings (SSSR count). The van der Waals surface area contributed by atoms with Crippen LogP contribution in [0.15, 0.2) is 24.3 Å². The fraction of sp³-hybridized carbons (Fsp3) is 0.526. The molecule has 1 saturated carbocycles. The number of hydrogen-bond acceptors (Lipinski definition) is 4. The van der Waals surface area contributed by atoms with Crippen LogP contribution in [-0.4, -0.2) is 65.8 Å². The van der Waals surface area contributed by atoms with E-state index in [1.165, 1.54) is 24.3 Å². The summed E-state index contributed by atoms with van der Waals surface area (Å²) in [5.74, 6) is -3.66. The normalized spacial score (nSPS) is 30.1. The summed E-state index contributed by atoms with van der Waals surface area (Å²) in [6.45, 7) is 0.256. The van der Waals surface area contributed by atoms with Gasteiger partial charge in [0.2, 0.25) is 5.91 Å². The minimum atomic E-state index is -3.02. The number of nitriles is 1. The van der Waals surface area contributed by atoms with Gasteiger partial charge in [-0.2, -0.15) is 5.26 Å². The first-order chi connectivity index (χ1) is 13.3. The van der Waals surface area contributed by atoms with Crippen molar-refractivity contribution in [2.75, 3.05) is 26.2 Å². The Morgan fingerprint density at radius 1 is 1.21 bits per heavy atom. The maximum absolute atomic E-state index is 13.4. The highest BCUT2D eigenvalue weighted by Gasteiger charge is 2.57. The number of rotatable bonds is 4. The van der Waals surface area contributed by atoms with E-state index < -0.39 is 36.7 Å². The molecule has 3 unspecified atom stereocenters. The predicted molar refractivity (Wildman–Crippen MR) is 91.8 cm³/mol. The summed E-state index contributed by atoms with van der Waals surface area (Å²) in [5.41, 5.74) is 0.430. The molecule has 1 aromatic rings. The smallest absolute Gasteiger partial charge is 0.268 e. The zero-order chi connectivity index (χ0) is 20.1. The van der Waals surface area contributed by atoms with Crippen molar-refractivity contribution in [3.63, 3.8) is 0 Å². The molecule has 3 fully saturated rings. The summed E-state index contributed by atoms with van der Waals surface area (Å²) in [7, 11) is 0. The number of halogens is 3. The van der Waals surface area contributed by atoms with Crippen molar-refractivity contribution in [3.05, 3.63) is 35.6 Å². The molecule has 0 spiro atoms. The summed E-state index contributed by atoms with van der Waals surface area (Å²) in [6, 6.07) is 6.13. The molecule has 3 atom stereocenters. The molecule has 1 aliphatic carbocycles. The fourth-order valence-electron chi connectivity index (χ4n) is 4.27. The second kappa shape index (κ2) is 6.78. The maximum Gasteiger partial charge on any atom is 0.268 e. The Labute approximate surface area is 159 Å². The van der Waals surface area contributed by atoms with Crippen LogP contribution in [0.3, 0.4) is 0 Å². The van der Waals surface area contributed by atoms with Gasteiger partial charge in [0.1, 0.15) is 11.9 Å². The summed E-state index contributed by atoms with van der Waals surface area (Å²) < 4.78 is 39.9. The number of nitrogens with zero attached hydrogens (tertiary/aromatic N) is 3. The third-order valence-electron chi connectivity index (χ3n) is 5.80. The highest BCUT2D eigenvalue weighted by atomic mass is 19.3. The fourth-order valence-corrected chi connectivity index (χ4v) is 4.27. The first-order valence-electron chi connectivity index (χ1n) is 9.14. The second-order valence-corrected chi connectivity index (χ2v) is 7.68. The number of alkyl halides is 2. The molecule has 2 saturated heterocycles. The predicted octanol–water partition coefficient (Wildman–Crippen LogP) is 1.25. The summed E-state index contributed by atoms with van der Waals surface area (Å²) in [4.78, 5) is 27.3. The van der Waals surface area contributed by atoms with Gasteiger partial charge in [-0.1, -0.05) is 0 Å². The minimum Gasteiger partial charge on any atom is -0.338 e. The highest BCUT2D eigenvalue weighted by Crippen LogP contribution is 2.45. The van der Waals surface area contributed by atoms with Crippen molar-refractivity contribution < 1.29 is 22.8 Å². The SMILES string of the molecule is N#CC1CC(F)(F)CN1C(=O)CNC1C2CN(C(=O)c3ccc(F)cc3)CC21. The molecule has 0 aromatic heterocycles. The average Bonchev–Trinajstić information content (AvgIpc) is 2.99. The molecule has 3 aliphatic rings. The Kier molecular flexibility index (Phi) is 4.54. The first-order valence-corrected chi connectivity index (χ1v) is 9.14. The first kappa shape index (κ1) is 18.7. The molecule has 2 amide bonds. The van der Waals surface area contributed by atoms with Crippen molar-refractivity contribution in [1.82, 2.24) is 15.1 Å². The Morgan fingerprint density at radius 2 is 1.86 bits per heavy atom. The number of hydrogen-bond donors (Lipinski definition) is 1. The van der Waals surface area contributed by atoms with Crippen molar-refractivity contribution in [2.24, 2.45) is 11.8 Å². The van der Waals surface area contributed by atoms with E-state index in [4.69, 9.17) is 5.26 Å². The topological polar surface area (TPSA) is 76.4 Å². The van der Waals surface area contributed by atoms with E-state index in [2.05, 4.69) is 5.32 Å². The zero-order valence-corrected chi connectivity index (χ0v) is 14.9. The van der Waals surface area contributed by atoms with Gasteiger partial charge in [0.25, 0.3) is 11.8 Å². The molecule has 148 valence electrons. The quantitative estimate of drug-likeness (QED) is 0.837. The van der Waals surface area contributed by atoms with Crippen LogP contribution >= 0.6 is 0 Å². The number of fused-ring (bicyclic) bond motifs is 1. The molecule has 1 N–H and O–H groups in total. The number of piperidine rings is 1. The molecule has 9 heteroatoms. The van der Waals surface area contributed by atoms with Crippen LogP contribution in [-0.2, 0) is 4.79 Å². The molecule has 1 aromatic carbocycles. The molecule has 2 aliphatic heterocycles. The van der Waals surface area contributed by atoms with E-state index >= 15 is 0 Å². The van der Waals surface area contributed by atoms with E-state index in [1.807, 2.05) is 0 Å². The van der Waals surface area contributed by atoms with Crippen molar-refractivity contribution in [2.45, 2.75) is 24.4 Å². The Bertz CT molecular complexity index is 827. The number of carbonyl (C=O) groups is 2. The van der Waals surface area contributed by atoms with E-state index in [0.29, 0.717) is 18.7 Å². The maximum atomic E-state index is 13.4. The van der Waals surface area contributed by atoms with Gasteiger partial charge in [-0.3, -0.25) is 9.59 Å². The van der Waals surface area contributed by atoms with Crippen LogP contribution in [0.1, 0.15) is 16.8 Å². The van der Waals surface area contributed by atoms with Crippen LogP contribution in [0.2, 0.25) is 0 Å². The molecular formula is C19H19F3N4O2. The Hall–Kier alpha value is -2.60. The van der Waals surface area contributed by atoms with E-state index in [-0.39, 0.29) is 30.3 Å². The second-order valence-electron chi connectivity index (χ2n) is 7.68. The van der Waals surface area contributed by atoms with E-state index in [0.717, 1.165) is 4.90 Å². The lowest BCUT2D eigenvalue weighted by atomic mass is 10.2. The minimum absolute atomic E-state index is 0.0601. The monoisotopic (exact) mass is 392 g/mol. The molecule has 2 heterocycles. The van der Waals surface area contributed by atoms with Gasteiger partial charge in [0.15, 0.2) is 0 Å². The summed E-state index contributed by atoms with van der Waals surface area (Å²) in [6.07, 6.45) is -0.621. The van der Waals surface area contributed by atoms with Gasteiger partial charge in [-0.15, -0.1) is 0 Å². The third-order valence-corrected chi connectivity index (χ3v) is 5.80. The van der Waals surface area contributed by atoms with E-state index in [9.17, 15) is 22.8 Å². The number of carbonyl (C=O) groups excluding carboxylic acids is 2. The lowest BCUT2D eigenvalue weighted by Gasteiger charge is -2.22. The van der Waals surface area contributed by atoms with Crippen molar-refractivity contribution in [3.8, 4) is 6.07 Å². The summed E-state index contributed by atoms with van der Waals surface area (Å²) in [5, 5.41) is 12.1. The lowest BCUT2D eigenvalue weighted by molar-refractivity contribution is -0.131. The number of amides is 2. The van der Waals surface area contributed by atoms with Crippen molar-refractivity contribution in [1.29, 1.82) is 5.26 Å². The van der Waals surface area contributed by atoms with Crippen LogP contribution in [0.5, 0.6) is 0 Å². The van der Waals surface area contributed by atoms with E-state index in [1.54, 1.807) is 11.0 Å². The average molecular weight is 392 g/mol. The Morgan fingerprint density at radius 3 is 2.46 bits per heavy atom. The molecule has 0 radical (unpaired) electrons. The molecule has 28 heavy (non-hydrogen) atoms. The van der Waals surface area contributed by atoms with Gasteiger partial charge < -0.3 is 15.1 Å². The van der Waals surface area contributed by atoms with Crippen LogP contribution < -0.4 is 5.32 Å². The molecule has 6 nitrogen and oxygen atoms in total. The van der Waals surface area contributed by atoms with Gasteiger partial charge in [0.05, 0.1) is 19.2 Å². The summed E-state index contributed by atoms with van der Waals surface area (Å²) >= 11 is 0. The highest BCUT2D eigenvalue weighted by molar-refractivity contribution is 5.94. The van der Waals surface area contributed by atoms with Crippen LogP contribution in [0.25, 0.3) is 0 Å². The number of benzene rings is 1. The van der Waals surface area contributed by atoms with Gasteiger partial charge in [0, 0.05) is 31.1 Å². The number of likely N-dealkylation sites (tertiary alicyclic amines) is 2. The van der Waals surface area contributed by atoms with Crippen molar-refractivity contribution >= 4 is 11.8 Å². The van der Waals surface area contributed by atoms with Gasteiger partial charge in [-0.25, -0.2) is 13.2 Å². The standard InChI is InChI=1S/C19H19F3N4O2/c20-12-3-1-11(2-4-12)18(28)25-8-14-15(9-25)17(14)24-7-16(27)26-10-19(21,22)5-13(26)6-23/h1-4,13-15,17,24H,5,7-10H2. The third kappa shape index (κ3) is 3.44. The largest absolute Gasteiger partial charge is 0.338 e. The Balaban J connectivity index is 1.26. The van der Waals surface area contributed by atoms with Crippen LogP contribution in [0, 0.1) is 29.0 Å². The number of nitrogens with one attached hydrogen (secondary N) is 1. The molecular weight excluding hydrogens is 373 g/mol. The van der Waals surface area contributed by atoms with Gasteiger partial charge >= 0.3 is 0 Å². The lowest BCUT2D eigenvalue weighted by Crippen LogP contribution is -2.43. The van der Waals surface area contributed by atoms with Gasteiger partial charge in [-0.05, 0) is 36.1 Å². The van der Waals surface area contributed by atoms with Crippen LogP contribution in [0.4, 0.5) is 13.2 Å². The molecule has 0 bridgehead atoms.